The third kappa shape index (κ3) is 3.31. The molecule has 1 saturated heterocycles. The van der Waals surface area contributed by atoms with E-state index < -0.39 is 0 Å². The molecule has 4 nitrogen and oxygen atoms in total. The van der Waals surface area contributed by atoms with Crippen LogP contribution in [-0.4, -0.2) is 41.9 Å². The standard InChI is InChI=1S/C9H13NO2.C5H12O/c1-5-7-3-8(6(2)12)10(4-11)9(5)7;1-5(2,3)6-4/h4-5,7-9H,3H2,1-2H3;1-4H3/t5-,7?,8?,9?;/m0./s1. The van der Waals surface area contributed by atoms with Gasteiger partial charge >= 0.3 is 0 Å². The van der Waals surface area contributed by atoms with Gasteiger partial charge in [0, 0.05) is 13.2 Å². The molecule has 2 fully saturated rings. The number of hydrogen-bond acceptors (Lipinski definition) is 3. The molecule has 0 aromatic carbocycles. The lowest BCUT2D eigenvalue weighted by atomic mass is 10.1. The van der Waals surface area contributed by atoms with Gasteiger partial charge in [0.2, 0.25) is 6.41 Å². The summed E-state index contributed by atoms with van der Waals surface area (Å²) in [5.41, 5.74) is 0.0417. The highest BCUT2D eigenvalue weighted by Gasteiger charge is 2.58. The van der Waals surface area contributed by atoms with Crippen LogP contribution in [0.15, 0.2) is 0 Å². The molecule has 1 aliphatic heterocycles. The van der Waals surface area contributed by atoms with E-state index in [0.717, 1.165) is 12.8 Å². The van der Waals surface area contributed by atoms with Crippen LogP contribution in [-0.2, 0) is 14.3 Å². The van der Waals surface area contributed by atoms with Crippen LogP contribution in [0.4, 0.5) is 0 Å². The topological polar surface area (TPSA) is 46.6 Å². The van der Waals surface area contributed by atoms with E-state index in [0.29, 0.717) is 17.9 Å². The van der Waals surface area contributed by atoms with Crippen molar-refractivity contribution in [2.75, 3.05) is 7.11 Å². The van der Waals surface area contributed by atoms with Crippen LogP contribution in [0.1, 0.15) is 41.0 Å². The molecule has 2 rings (SSSR count). The maximum absolute atomic E-state index is 11.1. The molecule has 4 atom stereocenters. The third-order valence-corrected chi connectivity index (χ3v) is 3.91. The zero-order valence-electron chi connectivity index (χ0n) is 12.3. The fraction of sp³-hybridized carbons (Fsp3) is 0.857. The van der Waals surface area contributed by atoms with E-state index in [1.165, 1.54) is 0 Å². The molecule has 1 amide bonds. The number of likely N-dealkylation sites (tertiary alicyclic amines) is 1. The first-order valence-electron chi connectivity index (χ1n) is 6.51. The second-order valence-corrected chi connectivity index (χ2v) is 6.24. The highest BCUT2D eigenvalue weighted by molar-refractivity contribution is 5.84. The Morgan fingerprint density at radius 3 is 2.22 bits per heavy atom. The molecule has 2 aliphatic rings. The van der Waals surface area contributed by atoms with E-state index in [-0.39, 0.29) is 17.4 Å². The predicted molar refractivity (Wildman–Crippen MR) is 70.2 cm³/mol. The predicted octanol–water partition coefficient (Wildman–Crippen LogP) is 1.87. The van der Waals surface area contributed by atoms with Gasteiger partial charge in [0.1, 0.15) is 0 Å². The van der Waals surface area contributed by atoms with Gasteiger partial charge in [-0.15, -0.1) is 0 Å². The molecule has 0 aromatic rings. The van der Waals surface area contributed by atoms with Crippen LogP contribution in [0.2, 0.25) is 0 Å². The van der Waals surface area contributed by atoms with E-state index in [1.807, 2.05) is 20.8 Å². The number of methoxy groups -OCH3 is 1. The van der Waals surface area contributed by atoms with E-state index in [1.54, 1.807) is 18.9 Å². The highest BCUT2D eigenvalue weighted by Crippen LogP contribution is 2.52. The van der Waals surface area contributed by atoms with Gasteiger partial charge in [-0.25, -0.2) is 0 Å². The highest BCUT2D eigenvalue weighted by atomic mass is 16.5. The average Bonchev–Trinajstić information content (AvgIpc) is 2.77. The van der Waals surface area contributed by atoms with Crippen LogP contribution in [0.5, 0.6) is 0 Å². The Labute approximate surface area is 110 Å². The Kier molecular flexibility index (Phi) is 4.54. The first kappa shape index (κ1) is 15.2. The fourth-order valence-electron chi connectivity index (χ4n) is 2.48. The number of rotatable bonds is 2. The largest absolute Gasteiger partial charge is 0.379 e. The first-order chi connectivity index (χ1) is 8.22. The minimum Gasteiger partial charge on any atom is -0.379 e. The van der Waals surface area contributed by atoms with Gasteiger partial charge < -0.3 is 9.64 Å². The van der Waals surface area contributed by atoms with Gasteiger partial charge in [-0.2, -0.15) is 0 Å². The zero-order chi connectivity index (χ0) is 14.1. The first-order valence-corrected chi connectivity index (χ1v) is 6.51. The summed E-state index contributed by atoms with van der Waals surface area (Å²) >= 11 is 0. The molecule has 1 saturated carbocycles. The van der Waals surface area contributed by atoms with Crippen molar-refractivity contribution >= 4 is 12.2 Å². The third-order valence-electron chi connectivity index (χ3n) is 3.91. The molecule has 18 heavy (non-hydrogen) atoms. The number of carbonyl (C=O) groups is 2. The van der Waals surface area contributed by atoms with E-state index in [2.05, 4.69) is 6.92 Å². The van der Waals surface area contributed by atoms with Gasteiger partial charge in [0.05, 0.1) is 11.6 Å². The lowest BCUT2D eigenvalue weighted by molar-refractivity contribution is -0.129. The zero-order valence-corrected chi connectivity index (χ0v) is 12.3. The van der Waals surface area contributed by atoms with E-state index >= 15 is 0 Å². The number of ketones is 1. The lowest BCUT2D eigenvalue weighted by Crippen LogP contribution is -2.37. The molecule has 0 radical (unpaired) electrons. The SMILES string of the molecule is CC(=O)C1CC2C([C@H]2C)N1C=O.COC(C)(C)C. The molecular formula is C14H25NO3. The number of carbonyl (C=O) groups excluding carboxylic acids is 2. The van der Waals surface area contributed by atoms with E-state index in [9.17, 15) is 9.59 Å². The van der Waals surface area contributed by atoms with Gasteiger partial charge in [0.15, 0.2) is 5.78 Å². The van der Waals surface area contributed by atoms with Crippen molar-refractivity contribution in [2.45, 2.75) is 58.7 Å². The van der Waals surface area contributed by atoms with Crippen LogP contribution in [0.3, 0.4) is 0 Å². The molecule has 3 unspecified atom stereocenters. The Morgan fingerprint density at radius 2 is 1.89 bits per heavy atom. The van der Waals surface area contributed by atoms with E-state index in [4.69, 9.17) is 4.74 Å². The molecule has 1 heterocycles. The normalized spacial score (nSPS) is 33.3. The second-order valence-electron chi connectivity index (χ2n) is 6.24. The minimum absolute atomic E-state index is 0.0417. The van der Waals surface area contributed by atoms with Crippen molar-refractivity contribution in [1.29, 1.82) is 0 Å². The van der Waals surface area contributed by atoms with Gasteiger partial charge in [-0.3, -0.25) is 9.59 Å². The summed E-state index contributed by atoms with van der Waals surface area (Å²) in [5.74, 6) is 1.34. The second kappa shape index (κ2) is 5.39. The number of ether oxygens (including phenoxy) is 1. The smallest absolute Gasteiger partial charge is 0.210 e. The van der Waals surface area contributed by atoms with Crippen LogP contribution in [0.25, 0.3) is 0 Å². The summed E-state index contributed by atoms with van der Waals surface area (Å²) in [7, 11) is 1.71. The molecule has 104 valence electrons. The van der Waals surface area contributed by atoms with Gasteiger partial charge in [-0.1, -0.05) is 6.92 Å². The summed E-state index contributed by atoms with van der Waals surface area (Å²) in [5, 5.41) is 0. The molecule has 0 spiro atoms. The van der Waals surface area contributed by atoms with Crippen LogP contribution >= 0.6 is 0 Å². The number of amides is 1. The maximum atomic E-state index is 11.1. The van der Waals surface area contributed by atoms with Crippen molar-refractivity contribution in [3.63, 3.8) is 0 Å². The number of piperidine rings is 1. The Bertz CT molecular complexity index is 321. The summed E-state index contributed by atoms with van der Waals surface area (Å²) in [6.07, 6.45) is 1.72. The fourth-order valence-corrected chi connectivity index (χ4v) is 2.48. The lowest BCUT2D eigenvalue weighted by Gasteiger charge is -2.21. The maximum Gasteiger partial charge on any atom is 0.210 e. The molecule has 0 aromatic heterocycles. The number of hydrogen-bond donors (Lipinski definition) is 0. The summed E-state index contributed by atoms with van der Waals surface area (Å²) < 4.78 is 4.94. The number of Topliss-reactive ketones (excluding diaryl/α,β-unsaturated/α-hetero) is 1. The van der Waals surface area contributed by atoms with Crippen LogP contribution < -0.4 is 0 Å². The average molecular weight is 255 g/mol. The number of nitrogens with zero attached hydrogens (tertiary/aromatic N) is 1. The van der Waals surface area contributed by atoms with Gasteiger partial charge in [0.25, 0.3) is 0 Å². The minimum atomic E-state index is -0.117. The molecule has 0 N–H and O–H groups in total. The molecule has 0 bridgehead atoms. The van der Waals surface area contributed by atoms with Crippen LogP contribution in [0, 0.1) is 11.8 Å². The Balaban J connectivity index is 0.000000232. The van der Waals surface area contributed by atoms with Crippen molar-refractivity contribution in [2.24, 2.45) is 11.8 Å². The van der Waals surface area contributed by atoms with Crippen molar-refractivity contribution in [1.82, 2.24) is 4.90 Å². The van der Waals surface area contributed by atoms with Crippen molar-refractivity contribution in [3.05, 3.63) is 0 Å². The Hall–Kier alpha value is -0.900. The molecule has 4 heteroatoms. The Morgan fingerprint density at radius 1 is 1.39 bits per heavy atom. The molecular weight excluding hydrogens is 230 g/mol. The quantitative estimate of drug-likeness (QED) is 0.708. The summed E-state index contributed by atoms with van der Waals surface area (Å²) in [6.45, 7) is 9.77. The van der Waals surface area contributed by atoms with Gasteiger partial charge in [-0.05, 0) is 46.0 Å². The monoisotopic (exact) mass is 255 g/mol. The molecule has 1 aliphatic carbocycles. The summed E-state index contributed by atoms with van der Waals surface area (Å²) in [6, 6.07) is 0.255. The number of fused-ring (bicyclic) bond motifs is 1. The van der Waals surface area contributed by atoms with Crippen molar-refractivity contribution < 1.29 is 14.3 Å². The summed E-state index contributed by atoms with van der Waals surface area (Å²) in [4.78, 5) is 23.5. The van der Waals surface area contributed by atoms with Crippen molar-refractivity contribution in [3.8, 4) is 0 Å².